The second kappa shape index (κ2) is 7.08. The summed E-state index contributed by atoms with van der Waals surface area (Å²) in [5, 5.41) is 3.42. The molecule has 0 atom stereocenters. The second-order valence-corrected chi connectivity index (χ2v) is 4.36. The summed E-state index contributed by atoms with van der Waals surface area (Å²) >= 11 is 0. The largest absolute Gasteiger partial charge is 0.374 e. The molecule has 0 aliphatic rings. The molecule has 0 aromatic heterocycles. The van der Waals surface area contributed by atoms with E-state index in [1.807, 2.05) is 0 Å². The molecule has 0 radical (unpaired) electrons. The number of fused-ring (bicyclic) bond motifs is 1. The van der Waals surface area contributed by atoms with Gasteiger partial charge in [0.2, 0.25) is 0 Å². The van der Waals surface area contributed by atoms with Crippen molar-refractivity contribution in [2.75, 3.05) is 19.8 Å². The van der Waals surface area contributed by atoms with E-state index in [4.69, 9.17) is 0 Å². The standard InChI is InChI=1S/C15H14F3NO2/c16-13-6-5-12(10-3-1-2-4-11(10)13)15(20)19-7-8-21-9-14(17)18/h1-6,14H,7-9H2,(H,19,20). The number of carbonyl (C=O) groups is 1. The molecule has 2 rings (SSSR count). The van der Waals surface area contributed by atoms with Crippen molar-refractivity contribution < 1.29 is 22.7 Å². The molecule has 6 heteroatoms. The van der Waals surface area contributed by atoms with Gasteiger partial charge in [0.05, 0.1) is 6.61 Å². The Hall–Kier alpha value is -2.08. The maximum absolute atomic E-state index is 13.6. The smallest absolute Gasteiger partial charge is 0.261 e. The van der Waals surface area contributed by atoms with Gasteiger partial charge in [0.1, 0.15) is 12.4 Å². The molecule has 0 bridgehead atoms. The summed E-state index contributed by atoms with van der Waals surface area (Å²) in [5.74, 6) is -0.797. The quantitative estimate of drug-likeness (QED) is 0.832. The topological polar surface area (TPSA) is 38.3 Å². The molecule has 0 spiro atoms. The van der Waals surface area contributed by atoms with Crippen LogP contribution in [0.1, 0.15) is 10.4 Å². The molecule has 21 heavy (non-hydrogen) atoms. The first-order chi connectivity index (χ1) is 10.1. The molecule has 0 saturated carbocycles. The van der Waals surface area contributed by atoms with Crippen LogP contribution in [0.25, 0.3) is 10.8 Å². The molecule has 112 valence electrons. The van der Waals surface area contributed by atoms with Gasteiger partial charge in [-0.15, -0.1) is 0 Å². The fourth-order valence-electron chi connectivity index (χ4n) is 1.96. The Bertz CT molecular complexity index is 631. The first-order valence-electron chi connectivity index (χ1n) is 6.41. The minimum atomic E-state index is -2.53. The molecule has 0 fully saturated rings. The highest BCUT2D eigenvalue weighted by Gasteiger charge is 2.11. The summed E-state index contributed by atoms with van der Waals surface area (Å²) in [6.45, 7) is -0.554. The van der Waals surface area contributed by atoms with E-state index in [0.29, 0.717) is 16.3 Å². The molecular formula is C15H14F3NO2. The van der Waals surface area contributed by atoms with Gasteiger partial charge in [-0.1, -0.05) is 24.3 Å². The fraction of sp³-hybridized carbons (Fsp3) is 0.267. The van der Waals surface area contributed by atoms with Gasteiger partial charge in [0.15, 0.2) is 0 Å². The summed E-state index contributed by atoms with van der Waals surface area (Å²) in [4.78, 5) is 12.0. The number of hydrogen-bond acceptors (Lipinski definition) is 2. The van der Waals surface area contributed by atoms with Crippen LogP contribution in [0.2, 0.25) is 0 Å². The van der Waals surface area contributed by atoms with Gasteiger partial charge in [-0.25, -0.2) is 13.2 Å². The highest BCUT2D eigenvalue weighted by Crippen LogP contribution is 2.21. The number of carbonyl (C=O) groups excluding carboxylic acids is 1. The summed E-state index contributed by atoms with van der Waals surface area (Å²) in [5.41, 5.74) is 0.334. The molecule has 2 aromatic carbocycles. The highest BCUT2D eigenvalue weighted by atomic mass is 19.3. The number of alkyl halides is 2. The minimum absolute atomic E-state index is 0.00475. The maximum Gasteiger partial charge on any atom is 0.261 e. The Morgan fingerprint density at radius 3 is 2.57 bits per heavy atom. The number of ether oxygens (including phenoxy) is 1. The summed E-state index contributed by atoms with van der Waals surface area (Å²) in [6.07, 6.45) is -2.53. The monoisotopic (exact) mass is 297 g/mol. The molecule has 0 saturated heterocycles. The fourth-order valence-corrected chi connectivity index (χ4v) is 1.96. The van der Waals surface area contributed by atoms with Crippen LogP contribution in [0.5, 0.6) is 0 Å². The number of nitrogens with one attached hydrogen (secondary N) is 1. The first-order valence-corrected chi connectivity index (χ1v) is 6.41. The van der Waals surface area contributed by atoms with E-state index in [9.17, 15) is 18.0 Å². The average Bonchev–Trinajstić information content (AvgIpc) is 2.47. The van der Waals surface area contributed by atoms with Gasteiger partial charge in [-0.05, 0) is 17.5 Å². The SMILES string of the molecule is O=C(NCCOCC(F)F)c1ccc(F)c2ccccc12. The lowest BCUT2D eigenvalue weighted by Gasteiger charge is -2.09. The van der Waals surface area contributed by atoms with E-state index in [0.717, 1.165) is 0 Å². The zero-order valence-electron chi connectivity index (χ0n) is 11.1. The average molecular weight is 297 g/mol. The van der Waals surface area contributed by atoms with Gasteiger partial charge in [-0.2, -0.15) is 0 Å². The Morgan fingerprint density at radius 1 is 1.14 bits per heavy atom. The third-order valence-electron chi connectivity index (χ3n) is 2.89. The van der Waals surface area contributed by atoms with E-state index in [1.165, 1.54) is 12.1 Å². The highest BCUT2D eigenvalue weighted by molar-refractivity contribution is 6.07. The van der Waals surface area contributed by atoms with E-state index in [2.05, 4.69) is 10.1 Å². The van der Waals surface area contributed by atoms with Crippen LogP contribution >= 0.6 is 0 Å². The van der Waals surface area contributed by atoms with Crippen molar-refractivity contribution in [2.24, 2.45) is 0 Å². The Kier molecular flexibility index (Phi) is 5.16. The molecule has 0 unspecified atom stereocenters. The normalized spacial score (nSPS) is 11.0. The van der Waals surface area contributed by atoms with E-state index in [1.54, 1.807) is 24.3 Å². The van der Waals surface area contributed by atoms with E-state index >= 15 is 0 Å². The summed E-state index contributed by atoms with van der Waals surface area (Å²) < 4.78 is 42.0. The molecule has 0 heterocycles. The molecule has 1 amide bonds. The molecule has 0 aliphatic heterocycles. The molecule has 0 aliphatic carbocycles. The van der Waals surface area contributed by atoms with Crippen molar-refractivity contribution in [2.45, 2.75) is 6.43 Å². The molecule has 3 nitrogen and oxygen atoms in total. The van der Waals surface area contributed by atoms with Crippen LogP contribution < -0.4 is 5.32 Å². The Balaban J connectivity index is 2.02. The van der Waals surface area contributed by atoms with Crippen molar-refractivity contribution in [1.82, 2.24) is 5.32 Å². The lowest BCUT2D eigenvalue weighted by atomic mass is 10.0. The Labute approximate surface area is 119 Å². The lowest BCUT2D eigenvalue weighted by molar-refractivity contribution is 0.0188. The molecular weight excluding hydrogens is 283 g/mol. The van der Waals surface area contributed by atoms with Gasteiger partial charge in [-0.3, -0.25) is 4.79 Å². The van der Waals surface area contributed by atoms with Crippen LogP contribution in [-0.4, -0.2) is 32.1 Å². The number of hydrogen-bond donors (Lipinski definition) is 1. The number of rotatable bonds is 6. The Morgan fingerprint density at radius 2 is 1.86 bits per heavy atom. The summed E-state index contributed by atoms with van der Waals surface area (Å²) in [6, 6.07) is 9.26. The third-order valence-corrected chi connectivity index (χ3v) is 2.89. The van der Waals surface area contributed by atoms with Gasteiger partial charge in [0, 0.05) is 17.5 Å². The molecule has 1 N–H and O–H groups in total. The third kappa shape index (κ3) is 3.95. The van der Waals surface area contributed by atoms with Crippen molar-refractivity contribution >= 4 is 16.7 Å². The number of benzene rings is 2. The minimum Gasteiger partial charge on any atom is -0.374 e. The van der Waals surface area contributed by atoms with Crippen molar-refractivity contribution in [3.05, 3.63) is 47.8 Å². The first kappa shape index (κ1) is 15.3. The van der Waals surface area contributed by atoms with Crippen LogP contribution in [0.4, 0.5) is 13.2 Å². The number of halogens is 3. The van der Waals surface area contributed by atoms with E-state index in [-0.39, 0.29) is 13.2 Å². The zero-order chi connectivity index (χ0) is 15.2. The van der Waals surface area contributed by atoms with Gasteiger partial charge in [0.25, 0.3) is 12.3 Å². The molecule has 2 aromatic rings. The predicted octanol–water partition coefficient (Wildman–Crippen LogP) is 2.99. The van der Waals surface area contributed by atoms with Crippen LogP contribution in [0, 0.1) is 5.82 Å². The lowest BCUT2D eigenvalue weighted by Crippen LogP contribution is -2.28. The second-order valence-electron chi connectivity index (χ2n) is 4.36. The zero-order valence-corrected chi connectivity index (χ0v) is 11.1. The predicted molar refractivity (Wildman–Crippen MR) is 73.1 cm³/mol. The van der Waals surface area contributed by atoms with Crippen molar-refractivity contribution in [3.8, 4) is 0 Å². The summed E-state index contributed by atoms with van der Waals surface area (Å²) in [7, 11) is 0. The van der Waals surface area contributed by atoms with Crippen LogP contribution in [-0.2, 0) is 4.74 Å². The van der Waals surface area contributed by atoms with Crippen molar-refractivity contribution in [3.63, 3.8) is 0 Å². The van der Waals surface area contributed by atoms with Gasteiger partial charge < -0.3 is 10.1 Å². The number of amides is 1. The van der Waals surface area contributed by atoms with Gasteiger partial charge >= 0.3 is 0 Å². The van der Waals surface area contributed by atoms with Crippen molar-refractivity contribution in [1.29, 1.82) is 0 Å². The van der Waals surface area contributed by atoms with Crippen LogP contribution in [0.3, 0.4) is 0 Å². The van der Waals surface area contributed by atoms with Crippen LogP contribution in [0.15, 0.2) is 36.4 Å². The maximum atomic E-state index is 13.6. The van der Waals surface area contributed by atoms with E-state index < -0.39 is 24.8 Å².